The quantitative estimate of drug-likeness (QED) is 0.337. The van der Waals surface area contributed by atoms with Crippen LogP contribution in [0.3, 0.4) is 0 Å². The van der Waals surface area contributed by atoms with E-state index in [0.717, 1.165) is 29.7 Å². The van der Waals surface area contributed by atoms with Crippen LogP contribution in [0.15, 0.2) is 71.7 Å². The number of benzene rings is 2. The van der Waals surface area contributed by atoms with Crippen LogP contribution in [0.1, 0.15) is 67.1 Å². The maximum atomic E-state index is 14.9. The van der Waals surface area contributed by atoms with Gasteiger partial charge in [-0.15, -0.1) is 11.6 Å². The first-order valence-electron chi connectivity index (χ1n) is 15.0. The highest BCUT2D eigenvalue weighted by molar-refractivity contribution is 6.22. The van der Waals surface area contributed by atoms with Crippen molar-refractivity contribution in [2.75, 3.05) is 6.61 Å². The molecule has 2 saturated heterocycles. The number of hydrogen-bond donors (Lipinski definition) is 0. The number of amides is 1. The van der Waals surface area contributed by atoms with Gasteiger partial charge in [-0.05, 0) is 30.0 Å². The molecule has 2 fully saturated rings. The van der Waals surface area contributed by atoms with Crippen LogP contribution in [0.2, 0.25) is 0 Å². The fourth-order valence-electron chi connectivity index (χ4n) is 8.75. The second kappa shape index (κ2) is 9.15. The lowest BCUT2D eigenvalue weighted by Crippen LogP contribution is -2.76. The van der Waals surface area contributed by atoms with E-state index in [1.54, 1.807) is 0 Å². The third kappa shape index (κ3) is 3.46. The lowest BCUT2D eigenvalue weighted by atomic mass is 9.51. The van der Waals surface area contributed by atoms with Crippen LogP contribution in [0.25, 0.3) is 6.08 Å². The molecule has 6 nitrogen and oxygen atoms in total. The van der Waals surface area contributed by atoms with Crippen molar-refractivity contribution in [2.24, 2.45) is 10.9 Å². The van der Waals surface area contributed by atoms with Crippen LogP contribution in [-0.4, -0.2) is 44.1 Å². The molecule has 0 N–H and O–H groups in total. The van der Waals surface area contributed by atoms with Crippen LogP contribution in [0, 0.1) is 5.92 Å². The van der Waals surface area contributed by atoms with Gasteiger partial charge in [0.2, 0.25) is 0 Å². The van der Waals surface area contributed by atoms with Gasteiger partial charge >= 0.3 is 0 Å². The number of aliphatic imine (C=N–C) groups is 1. The van der Waals surface area contributed by atoms with Crippen molar-refractivity contribution in [1.82, 2.24) is 9.47 Å². The zero-order valence-electron chi connectivity index (χ0n) is 24.3. The molecule has 42 heavy (non-hydrogen) atoms. The van der Waals surface area contributed by atoms with E-state index in [1.165, 1.54) is 22.5 Å². The first-order chi connectivity index (χ1) is 20.3. The second-order valence-electron chi connectivity index (χ2n) is 13.2. The number of allylic oxidation sites excluding steroid dienone is 1. The summed E-state index contributed by atoms with van der Waals surface area (Å²) in [5, 5.41) is -0.0730. The monoisotopic (exact) mass is 581 g/mol. The number of aromatic nitrogens is 1. The Kier molecular flexibility index (Phi) is 5.76. The average molecular weight is 582 g/mol. The Hall–Kier alpha value is -3.19. The maximum Gasteiger partial charge on any atom is 0.254 e. The molecule has 4 aliphatic heterocycles. The van der Waals surface area contributed by atoms with Crippen molar-refractivity contribution >= 4 is 29.3 Å². The Bertz CT molecular complexity index is 1640. The summed E-state index contributed by atoms with van der Waals surface area (Å²) in [6.07, 6.45) is 6.00. The molecule has 7 heteroatoms. The summed E-state index contributed by atoms with van der Waals surface area (Å²) >= 11 is 6.71. The molecule has 2 aliphatic carbocycles. The van der Waals surface area contributed by atoms with Crippen LogP contribution in [0.5, 0.6) is 0 Å². The molecule has 2 bridgehead atoms. The highest BCUT2D eigenvalue weighted by atomic mass is 35.5. The number of fused-ring (bicyclic) bond motifs is 3. The molecule has 6 aliphatic rings. The smallest absolute Gasteiger partial charge is 0.254 e. The fourth-order valence-corrected chi connectivity index (χ4v) is 8.97. The van der Waals surface area contributed by atoms with Crippen molar-refractivity contribution in [3.8, 4) is 0 Å². The summed E-state index contributed by atoms with van der Waals surface area (Å²) in [6, 6.07) is 20.4. The number of nitrogens with zero attached hydrogens (tertiary/aromatic N) is 3. The predicted octanol–water partition coefficient (Wildman–Crippen LogP) is 6.20. The lowest BCUT2D eigenvalue weighted by Gasteiger charge is -2.62. The van der Waals surface area contributed by atoms with Gasteiger partial charge in [0.1, 0.15) is 17.8 Å². The van der Waals surface area contributed by atoms with Gasteiger partial charge in [0.05, 0.1) is 18.6 Å². The molecule has 0 radical (unpaired) electrons. The number of carbonyl (C=O) groups excluding carboxylic acids is 1. The molecule has 5 heterocycles. The molecule has 216 valence electrons. The summed E-state index contributed by atoms with van der Waals surface area (Å²) in [5.41, 5.74) is 6.33. The van der Waals surface area contributed by atoms with Gasteiger partial charge in [0, 0.05) is 46.8 Å². The van der Waals surface area contributed by atoms with E-state index in [-0.39, 0.29) is 22.6 Å². The van der Waals surface area contributed by atoms with Gasteiger partial charge in [-0.2, -0.15) is 0 Å². The SMILES string of the molecule is CC1=NC23Cc4c5c(n(COCc6ccccc6)c4C(C)(C)C2CC12CO[C@@H](c1ccccc1)N2C3=O)C[C@@H](Cl)C=C5. The molecular weight excluding hydrogens is 546 g/mol. The molecule has 1 amide bonds. The normalized spacial score (nSPS) is 31.8. The standard InChI is InChI=1S/C35H36ClN3O3/c1-22-34-18-29-33(2,3)30-27(17-35(29,37-22)32(40)39(34)31(42-20-34)24-12-8-5-9-13-24)26-15-14-25(36)16-28(26)38(30)21-41-19-23-10-6-4-7-11-23/h4-15,25,29,31H,16-21H2,1-3H3/t25-,29?,31-,34?,35?/m0/s1. The summed E-state index contributed by atoms with van der Waals surface area (Å²) in [5.74, 6) is 0.134. The number of carbonyl (C=O) groups is 1. The van der Waals surface area contributed by atoms with Crippen molar-refractivity contribution in [1.29, 1.82) is 0 Å². The van der Waals surface area contributed by atoms with E-state index in [4.69, 9.17) is 26.1 Å². The van der Waals surface area contributed by atoms with E-state index in [0.29, 0.717) is 26.4 Å². The van der Waals surface area contributed by atoms with Gasteiger partial charge in [0.25, 0.3) is 5.91 Å². The van der Waals surface area contributed by atoms with Gasteiger partial charge in [0.15, 0.2) is 6.23 Å². The number of rotatable bonds is 5. The Labute approximate surface area is 252 Å². The Balaban J connectivity index is 1.24. The average Bonchev–Trinajstić information content (AvgIpc) is 3.52. The van der Waals surface area contributed by atoms with E-state index >= 15 is 0 Å². The zero-order valence-corrected chi connectivity index (χ0v) is 25.1. The van der Waals surface area contributed by atoms with E-state index in [9.17, 15) is 4.79 Å². The number of halogens is 1. The molecule has 5 atom stereocenters. The number of hydrogen-bond acceptors (Lipinski definition) is 4. The van der Waals surface area contributed by atoms with E-state index < -0.39 is 17.3 Å². The summed E-state index contributed by atoms with van der Waals surface area (Å²) in [6.45, 7) is 8.17. The minimum Gasteiger partial charge on any atom is -0.356 e. The molecule has 0 saturated carbocycles. The molecular formula is C35H36ClN3O3. The lowest BCUT2D eigenvalue weighted by molar-refractivity contribution is -0.159. The second-order valence-corrected chi connectivity index (χ2v) is 13.8. The van der Waals surface area contributed by atoms with Crippen molar-refractivity contribution in [2.45, 2.75) is 81.5 Å². The third-order valence-corrected chi connectivity index (χ3v) is 10.9. The molecule has 3 unspecified atom stereocenters. The van der Waals surface area contributed by atoms with Gasteiger partial charge in [-0.3, -0.25) is 14.7 Å². The Morgan fingerprint density at radius 1 is 1.10 bits per heavy atom. The topological polar surface area (TPSA) is 56.1 Å². The Morgan fingerprint density at radius 3 is 2.60 bits per heavy atom. The largest absolute Gasteiger partial charge is 0.356 e. The number of alkyl halides is 1. The molecule has 2 spiro atoms. The highest BCUT2D eigenvalue weighted by Crippen LogP contribution is 2.62. The van der Waals surface area contributed by atoms with Gasteiger partial charge in [-0.1, -0.05) is 86.7 Å². The molecule has 1 aromatic heterocycles. The molecule has 3 aromatic rings. The van der Waals surface area contributed by atoms with Crippen LogP contribution >= 0.6 is 11.6 Å². The fraction of sp³-hybridized carbons (Fsp3) is 0.429. The minimum atomic E-state index is -0.862. The Morgan fingerprint density at radius 2 is 1.83 bits per heavy atom. The maximum absolute atomic E-state index is 14.9. The van der Waals surface area contributed by atoms with Gasteiger partial charge in [-0.25, -0.2) is 0 Å². The highest BCUT2D eigenvalue weighted by Gasteiger charge is 2.72. The first kappa shape index (κ1) is 26.4. The van der Waals surface area contributed by atoms with Crippen LogP contribution in [0.4, 0.5) is 0 Å². The summed E-state index contributed by atoms with van der Waals surface area (Å²) in [7, 11) is 0. The minimum absolute atomic E-state index is 0.0306. The van der Waals surface area contributed by atoms with Gasteiger partial charge < -0.3 is 14.0 Å². The number of piperidine rings is 1. The van der Waals surface area contributed by atoms with E-state index in [1.807, 2.05) is 36.4 Å². The van der Waals surface area contributed by atoms with Crippen LogP contribution in [-0.2, 0) is 45.9 Å². The molecule has 2 aromatic carbocycles. The number of ether oxygens (including phenoxy) is 2. The first-order valence-corrected chi connectivity index (χ1v) is 15.5. The summed E-state index contributed by atoms with van der Waals surface area (Å²) < 4.78 is 15.2. The molecule has 9 rings (SSSR count). The zero-order chi connectivity index (χ0) is 28.9. The van der Waals surface area contributed by atoms with Crippen molar-refractivity contribution in [3.63, 3.8) is 0 Å². The van der Waals surface area contributed by atoms with E-state index in [2.05, 4.69) is 66.7 Å². The summed E-state index contributed by atoms with van der Waals surface area (Å²) in [4.78, 5) is 22.3. The van der Waals surface area contributed by atoms with Crippen LogP contribution < -0.4 is 0 Å². The third-order valence-electron chi connectivity index (χ3n) is 10.6. The van der Waals surface area contributed by atoms with Crippen molar-refractivity contribution in [3.05, 3.63) is 100 Å². The predicted molar refractivity (Wildman–Crippen MR) is 163 cm³/mol. The van der Waals surface area contributed by atoms with Crippen molar-refractivity contribution < 1.29 is 14.3 Å².